The Hall–Kier alpha value is -2.76. The van der Waals surface area contributed by atoms with Crippen LogP contribution in [0.15, 0.2) is 36.5 Å². The number of pyridine rings is 1. The first kappa shape index (κ1) is 18.0. The van der Waals surface area contributed by atoms with Crippen LogP contribution in [0.4, 0.5) is 11.5 Å². The fourth-order valence-electron chi connectivity index (χ4n) is 3.21. The van der Waals surface area contributed by atoms with Gasteiger partial charge in [-0.15, -0.1) is 0 Å². The maximum absolute atomic E-state index is 12.3. The van der Waals surface area contributed by atoms with Gasteiger partial charge in [0.15, 0.2) is 11.5 Å². The van der Waals surface area contributed by atoms with Crippen LogP contribution in [0.1, 0.15) is 31.2 Å². The van der Waals surface area contributed by atoms with Gasteiger partial charge in [-0.1, -0.05) is 18.9 Å². The molecule has 1 aromatic carbocycles. The largest absolute Gasteiger partial charge is 0.493 e. The first-order chi connectivity index (χ1) is 12.7. The van der Waals surface area contributed by atoms with E-state index < -0.39 is 0 Å². The molecule has 0 radical (unpaired) electrons. The van der Waals surface area contributed by atoms with E-state index >= 15 is 0 Å². The number of rotatable bonds is 7. The number of aromatic nitrogens is 1. The van der Waals surface area contributed by atoms with Gasteiger partial charge in [-0.05, 0) is 42.7 Å². The molecule has 26 heavy (non-hydrogen) atoms. The minimum absolute atomic E-state index is 0.101. The molecule has 2 N–H and O–H groups in total. The van der Waals surface area contributed by atoms with Crippen molar-refractivity contribution in [1.29, 1.82) is 0 Å². The van der Waals surface area contributed by atoms with Crippen molar-refractivity contribution in [3.63, 3.8) is 0 Å². The lowest BCUT2D eigenvalue weighted by Crippen LogP contribution is -2.16. The molecule has 0 bridgehead atoms. The Labute approximate surface area is 153 Å². The summed E-state index contributed by atoms with van der Waals surface area (Å²) in [5, 5.41) is 6.31. The van der Waals surface area contributed by atoms with E-state index in [1.54, 1.807) is 26.5 Å². The molecule has 6 heteroatoms. The van der Waals surface area contributed by atoms with Gasteiger partial charge in [0.1, 0.15) is 5.82 Å². The monoisotopic (exact) mass is 355 g/mol. The summed E-state index contributed by atoms with van der Waals surface area (Å²) in [6.45, 7) is 0. The highest BCUT2D eigenvalue weighted by Crippen LogP contribution is 2.28. The maximum Gasteiger partial charge on any atom is 0.228 e. The van der Waals surface area contributed by atoms with Crippen LogP contribution in [-0.2, 0) is 11.2 Å². The number of ether oxygens (including phenoxy) is 2. The van der Waals surface area contributed by atoms with Gasteiger partial charge in [0.05, 0.1) is 32.5 Å². The quantitative estimate of drug-likeness (QED) is 0.793. The lowest BCUT2D eigenvalue weighted by molar-refractivity contribution is -0.115. The van der Waals surface area contributed by atoms with Gasteiger partial charge in [0.2, 0.25) is 5.91 Å². The lowest BCUT2D eigenvalue weighted by Gasteiger charge is -2.13. The van der Waals surface area contributed by atoms with E-state index in [-0.39, 0.29) is 12.3 Å². The van der Waals surface area contributed by atoms with Crippen LogP contribution in [0.3, 0.4) is 0 Å². The van der Waals surface area contributed by atoms with Crippen LogP contribution >= 0.6 is 0 Å². The van der Waals surface area contributed by atoms with Gasteiger partial charge in [0, 0.05) is 6.04 Å². The molecular weight excluding hydrogens is 330 g/mol. The fourth-order valence-corrected chi connectivity index (χ4v) is 3.21. The summed E-state index contributed by atoms with van der Waals surface area (Å²) < 4.78 is 10.5. The summed E-state index contributed by atoms with van der Waals surface area (Å²) in [4.78, 5) is 16.7. The van der Waals surface area contributed by atoms with Crippen molar-refractivity contribution in [1.82, 2.24) is 4.98 Å². The van der Waals surface area contributed by atoms with E-state index in [4.69, 9.17) is 9.47 Å². The van der Waals surface area contributed by atoms with Gasteiger partial charge < -0.3 is 20.1 Å². The molecule has 0 unspecified atom stereocenters. The zero-order chi connectivity index (χ0) is 18.4. The molecule has 2 aromatic rings. The lowest BCUT2D eigenvalue weighted by atomic mass is 10.1. The van der Waals surface area contributed by atoms with E-state index in [9.17, 15) is 4.79 Å². The van der Waals surface area contributed by atoms with Crippen molar-refractivity contribution in [3.05, 3.63) is 42.1 Å². The van der Waals surface area contributed by atoms with E-state index in [0.717, 1.165) is 11.4 Å². The molecule has 1 fully saturated rings. The Kier molecular flexibility index (Phi) is 5.94. The number of hydrogen-bond acceptors (Lipinski definition) is 5. The second-order valence-corrected chi connectivity index (χ2v) is 6.47. The third kappa shape index (κ3) is 4.65. The minimum atomic E-state index is -0.101. The Balaban J connectivity index is 1.56. The third-order valence-electron chi connectivity index (χ3n) is 4.57. The number of carbonyl (C=O) groups is 1. The van der Waals surface area contributed by atoms with Crippen LogP contribution in [0.25, 0.3) is 0 Å². The summed E-state index contributed by atoms with van der Waals surface area (Å²) in [6, 6.07) is 9.76. The van der Waals surface area contributed by atoms with Crippen LogP contribution in [0.5, 0.6) is 11.5 Å². The Bertz CT molecular complexity index is 740. The average molecular weight is 355 g/mol. The molecule has 1 saturated carbocycles. The molecule has 0 atom stereocenters. The predicted molar refractivity (Wildman–Crippen MR) is 102 cm³/mol. The van der Waals surface area contributed by atoms with Gasteiger partial charge in [0.25, 0.3) is 0 Å². The van der Waals surface area contributed by atoms with Crippen LogP contribution in [0, 0.1) is 0 Å². The third-order valence-corrected chi connectivity index (χ3v) is 4.57. The van der Waals surface area contributed by atoms with Gasteiger partial charge >= 0.3 is 0 Å². The molecule has 0 spiro atoms. The highest BCUT2D eigenvalue weighted by atomic mass is 16.5. The Morgan fingerprint density at radius 2 is 1.88 bits per heavy atom. The number of carbonyl (C=O) groups excluding carboxylic acids is 1. The van der Waals surface area contributed by atoms with E-state index in [0.29, 0.717) is 23.2 Å². The first-order valence-corrected chi connectivity index (χ1v) is 8.91. The first-order valence-electron chi connectivity index (χ1n) is 8.91. The Morgan fingerprint density at radius 3 is 2.54 bits per heavy atom. The van der Waals surface area contributed by atoms with Gasteiger partial charge in [-0.25, -0.2) is 4.98 Å². The molecule has 0 aliphatic heterocycles. The minimum Gasteiger partial charge on any atom is -0.493 e. The fraction of sp³-hybridized carbons (Fsp3) is 0.400. The summed E-state index contributed by atoms with van der Waals surface area (Å²) in [7, 11) is 3.16. The van der Waals surface area contributed by atoms with Crippen molar-refractivity contribution in [2.45, 2.75) is 38.1 Å². The smallest absolute Gasteiger partial charge is 0.228 e. The molecular formula is C20H25N3O3. The molecule has 0 saturated heterocycles. The highest BCUT2D eigenvalue weighted by Gasteiger charge is 2.15. The molecule has 6 nitrogen and oxygen atoms in total. The highest BCUT2D eigenvalue weighted by molar-refractivity contribution is 5.92. The predicted octanol–water partition coefficient (Wildman–Crippen LogP) is 3.63. The van der Waals surface area contributed by atoms with E-state index in [1.165, 1.54) is 25.7 Å². The van der Waals surface area contributed by atoms with Crippen molar-refractivity contribution < 1.29 is 14.3 Å². The van der Waals surface area contributed by atoms with Crippen molar-refractivity contribution >= 4 is 17.4 Å². The second-order valence-electron chi connectivity index (χ2n) is 6.47. The SMILES string of the molecule is COc1ccc(CC(=O)Nc2ccc(NC3CCCC3)nc2)cc1OC. The topological polar surface area (TPSA) is 72.5 Å². The van der Waals surface area contributed by atoms with E-state index in [1.807, 2.05) is 24.3 Å². The van der Waals surface area contributed by atoms with Crippen molar-refractivity contribution in [3.8, 4) is 11.5 Å². The molecule has 1 aliphatic carbocycles. The number of hydrogen-bond donors (Lipinski definition) is 2. The number of methoxy groups -OCH3 is 2. The van der Waals surface area contributed by atoms with Crippen LogP contribution in [-0.4, -0.2) is 31.2 Å². The molecule has 138 valence electrons. The van der Waals surface area contributed by atoms with Crippen molar-refractivity contribution in [2.75, 3.05) is 24.9 Å². The number of benzene rings is 1. The standard InChI is InChI=1S/C20H25N3O3/c1-25-17-9-7-14(11-18(17)26-2)12-20(24)23-16-8-10-19(21-13-16)22-15-5-3-4-6-15/h7-11,13,15H,3-6,12H2,1-2H3,(H,21,22)(H,23,24). The normalized spacial score (nSPS) is 14.1. The summed E-state index contributed by atoms with van der Waals surface area (Å²) in [5.74, 6) is 2.01. The second kappa shape index (κ2) is 8.56. The van der Waals surface area contributed by atoms with Gasteiger partial charge in [-0.3, -0.25) is 4.79 Å². The molecule has 1 amide bonds. The molecule has 3 rings (SSSR count). The average Bonchev–Trinajstić information content (AvgIpc) is 3.16. The van der Waals surface area contributed by atoms with Crippen molar-refractivity contribution in [2.24, 2.45) is 0 Å². The Morgan fingerprint density at radius 1 is 1.12 bits per heavy atom. The zero-order valence-corrected chi connectivity index (χ0v) is 15.2. The zero-order valence-electron chi connectivity index (χ0n) is 15.2. The van der Waals surface area contributed by atoms with E-state index in [2.05, 4.69) is 15.6 Å². The van der Waals surface area contributed by atoms with Crippen LogP contribution < -0.4 is 20.1 Å². The number of anilines is 2. The number of nitrogens with one attached hydrogen (secondary N) is 2. The van der Waals surface area contributed by atoms with Crippen LogP contribution in [0.2, 0.25) is 0 Å². The summed E-state index contributed by atoms with van der Waals surface area (Å²) in [6.07, 6.45) is 6.90. The summed E-state index contributed by atoms with van der Waals surface area (Å²) in [5.41, 5.74) is 1.54. The molecule has 1 aliphatic rings. The number of nitrogens with zero attached hydrogens (tertiary/aromatic N) is 1. The maximum atomic E-state index is 12.3. The summed E-state index contributed by atoms with van der Waals surface area (Å²) >= 11 is 0. The number of amides is 1. The molecule has 1 aromatic heterocycles. The van der Waals surface area contributed by atoms with Gasteiger partial charge in [-0.2, -0.15) is 0 Å². The molecule has 1 heterocycles.